The lowest BCUT2D eigenvalue weighted by Crippen LogP contribution is -2.44. The number of H-pyrrole nitrogens is 1. The molecule has 42 heavy (non-hydrogen) atoms. The van der Waals surface area contributed by atoms with Gasteiger partial charge in [-0.05, 0) is 88.2 Å². The zero-order valence-corrected chi connectivity index (χ0v) is 25.6. The molecule has 1 aliphatic rings. The first-order chi connectivity index (χ1) is 20.1. The predicted octanol–water partition coefficient (Wildman–Crippen LogP) is 4.20. The van der Waals surface area contributed by atoms with Gasteiger partial charge in [0, 0.05) is 55.1 Å². The summed E-state index contributed by atoms with van der Waals surface area (Å²) in [5.41, 5.74) is 5.96. The number of rotatable bonds is 8. The van der Waals surface area contributed by atoms with E-state index < -0.39 is 0 Å². The molecule has 1 fully saturated rings. The third kappa shape index (κ3) is 5.82. The van der Waals surface area contributed by atoms with E-state index >= 15 is 0 Å². The van der Waals surface area contributed by atoms with Crippen molar-refractivity contribution in [1.29, 1.82) is 0 Å². The lowest BCUT2D eigenvalue weighted by Gasteiger charge is -2.33. The van der Waals surface area contributed by atoms with E-state index in [4.69, 9.17) is 10.9 Å². The third-order valence-corrected chi connectivity index (χ3v) is 8.08. The highest BCUT2D eigenvalue weighted by molar-refractivity contribution is 6.09. The molecule has 5 rings (SSSR count). The van der Waals surface area contributed by atoms with Crippen LogP contribution in [0.15, 0.2) is 41.3 Å². The molecule has 0 aliphatic carbocycles. The second-order valence-electron chi connectivity index (χ2n) is 11.7. The number of nitrogens with one attached hydrogen (secondary N) is 1. The Morgan fingerprint density at radius 1 is 1.10 bits per heavy atom. The van der Waals surface area contributed by atoms with Crippen LogP contribution >= 0.6 is 0 Å². The van der Waals surface area contributed by atoms with E-state index in [1.807, 2.05) is 42.9 Å². The van der Waals surface area contributed by atoms with Gasteiger partial charge in [0.2, 0.25) is 0 Å². The van der Waals surface area contributed by atoms with Crippen LogP contribution in [0.4, 0.5) is 5.82 Å². The van der Waals surface area contributed by atoms with E-state index in [0.717, 1.165) is 88.8 Å². The predicted molar refractivity (Wildman–Crippen MR) is 168 cm³/mol. The molecule has 1 saturated heterocycles. The van der Waals surface area contributed by atoms with E-state index in [1.54, 1.807) is 0 Å². The Morgan fingerprint density at radius 3 is 2.52 bits per heavy atom. The average Bonchev–Trinajstić information content (AvgIpc) is 3.31. The number of fused-ring (bicyclic) bond motifs is 1. The zero-order valence-electron chi connectivity index (χ0n) is 25.6. The van der Waals surface area contributed by atoms with Crippen molar-refractivity contribution in [3.8, 4) is 11.1 Å². The number of hydrogen-bond donors (Lipinski definition) is 2. The van der Waals surface area contributed by atoms with Crippen molar-refractivity contribution >= 4 is 22.6 Å². The lowest BCUT2D eigenvalue weighted by atomic mass is 9.98. The van der Waals surface area contributed by atoms with Gasteiger partial charge < -0.3 is 14.8 Å². The number of piperazine rings is 1. The van der Waals surface area contributed by atoms with Gasteiger partial charge in [-0.25, -0.2) is 10.8 Å². The molecule has 4 aromatic rings. The molecule has 0 saturated carbocycles. The van der Waals surface area contributed by atoms with Crippen LogP contribution in [-0.2, 0) is 13.0 Å². The van der Waals surface area contributed by atoms with Crippen molar-refractivity contribution in [2.75, 3.05) is 38.1 Å². The van der Waals surface area contributed by atoms with E-state index in [-0.39, 0.29) is 24.1 Å². The van der Waals surface area contributed by atoms with Crippen LogP contribution in [0.3, 0.4) is 0 Å². The smallest absolute Gasteiger partial charge is 0.268 e. The maximum absolute atomic E-state index is 14.1. The summed E-state index contributed by atoms with van der Waals surface area (Å²) in [6, 6.07) is 10.1. The molecule has 1 aliphatic heterocycles. The van der Waals surface area contributed by atoms with Gasteiger partial charge in [0.15, 0.2) is 0 Å². The molecule has 4 heterocycles. The van der Waals surface area contributed by atoms with Crippen LogP contribution < -0.4 is 16.3 Å². The summed E-state index contributed by atoms with van der Waals surface area (Å²) >= 11 is 0. The number of anilines is 1. The first-order valence-corrected chi connectivity index (χ1v) is 14.8. The van der Waals surface area contributed by atoms with E-state index in [1.165, 1.54) is 0 Å². The molecule has 10 nitrogen and oxygen atoms in total. The zero-order chi connectivity index (χ0) is 30.1. The van der Waals surface area contributed by atoms with Crippen molar-refractivity contribution in [2.24, 2.45) is 5.84 Å². The van der Waals surface area contributed by atoms with Crippen molar-refractivity contribution in [1.82, 2.24) is 29.7 Å². The van der Waals surface area contributed by atoms with Crippen molar-refractivity contribution < 1.29 is 4.79 Å². The van der Waals surface area contributed by atoms with Gasteiger partial charge in [-0.1, -0.05) is 13.3 Å². The molecule has 3 N–H and O–H groups in total. The molecule has 0 atom stereocenters. The first kappa shape index (κ1) is 29.5. The highest BCUT2D eigenvalue weighted by atomic mass is 16.2. The minimum absolute atomic E-state index is 0.00960. The Hall–Kier alpha value is -4.02. The van der Waals surface area contributed by atoms with E-state index in [9.17, 15) is 9.59 Å². The van der Waals surface area contributed by atoms with Crippen LogP contribution in [0.2, 0.25) is 0 Å². The molecular formula is C32H42N8O2. The van der Waals surface area contributed by atoms with Gasteiger partial charge in [-0.3, -0.25) is 19.3 Å². The van der Waals surface area contributed by atoms with Gasteiger partial charge in [-0.2, -0.15) is 5.10 Å². The molecule has 3 aromatic heterocycles. The van der Waals surface area contributed by atoms with Gasteiger partial charge in [-0.15, -0.1) is 0 Å². The summed E-state index contributed by atoms with van der Waals surface area (Å²) in [5, 5.41) is 6.73. The molecule has 0 spiro atoms. The number of pyridine rings is 2. The standard InChI is InChI=1S/C32H42N8O2/c1-7-8-24-15-21(4)35-31(41)27(24)19-39(33)32(42)26-16-25(17-28-30(26)22(5)36-40(28)20(2)3)23-9-10-34-29(18-23)38-13-11-37(6)12-14-38/h9-10,15-18,20H,7-8,11-14,19,33H2,1-6H3,(H,35,41). The first-order valence-electron chi connectivity index (χ1n) is 14.8. The maximum atomic E-state index is 14.1. The monoisotopic (exact) mass is 570 g/mol. The Balaban J connectivity index is 1.58. The van der Waals surface area contributed by atoms with Gasteiger partial charge in [0.25, 0.3) is 11.5 Å². The number of aromatic nitrogens is 4. The fourth-order valence-electron chi connectivity index (χ4n) is 5.84. The SMILES string of the molecule is CCCc1cc(C)[nH]c(=O)c1CN(N)C(=O)c1cc(-c2ccnc(N3CCN(C)CC3)c2)cc2c1c(C)nn2C(C)C. The number of nitrogens with zero attached hydrogens (tertiary/aromatic N) is 6. The minimum Gasteiger partial charge on any atom is -0.354 e. The molecule has 10 heteroatoms. The summed E-state index contributed by atoms with van der Waals surface area (Å²) < 4.78 is 1.96. The Labute approximate surface area is 247 Å². The molecule has 0 radical (unpaired) electrons. The molecule has 222 valence electrons. The van der Waals surface area contributed by atoms with Crippen LogP contribution in [0.1, 0.15) is 66.1 Å². The van der Waals surface area contributed by atoms with E-state index in [0.29, 0.717) is 11.1 Å². The van der Waals surface area contributed by atoms with Crippen LogP contribution in [-0.4, -0.2) is 68.8 Å². The fraction of sp³-hybridized carbons (Fsp3) is 0.438. The van der Waals surface area contributed by atoms with Gasteiger partial charge in [0.05, 0.1) is 23.3 Å². The quantitative estimate of drug-likeness (QED) is 0.185. The highest BCUT2D eigenvalue weighted by Gasteiger charge is 2.24. The fourth-order valence-corrected chi connectivity index (χ4v) is 5.84. The van der Waals surface area contributed by atoms with Crippen molar-refractivity contribution in [3.05, 3.63) is 75.0 Å². The summed E-state index contributed by atoms with van der Waals surface area (Å²) in [6.07, 6.45) is 3.44. The number of nitrogens with two attached hydrogens (primary N) is 1. The summed E-state index contributed by atoms with van der Waals surface area (Å²) in [4.78, 5) is 39.2. The largest absolute Gasteiger partial charge is 0.354 e. The number of aryl methyl sites for hydroxylation is 3. The number of carbonyl (C=O) groups excluding carboxylic acids is 1. The Bertz CT molecular complexity index is 1660. The van der Waals surface area contributed by atoms with Crippen molar-refractivity contribution in [2.45, 2.75) is 60.0 Å². The maximum Gasteiger partial charge on any atom is 0.268 e. The molecule has 1 amide bonds. The summed E-state index contributed by atoms with van der Waals surface area (Å²) in [5.74, 6) is 7.03. The second kappa shape index (κ2) is 12.1. The second-order valence-corrected chi connectivity index (χ2v) is 11.7. The summed E-state index contributed by atoms with van der Waals surface area (Å²) in [6.45, 7) is 13.8. The average molecular weight is 571 g/mol. The number of amides is 1. The van der Waals surface area contributed by atoms with E-state index in [2.05, 4.69) is 59.7 Å². The molecule has 0 bridgehead atoms. The number of likely N-dealkylation sites (N-methyl/N-ethyl adjacent to an activating group) is 1. The van der Waals surface area contributed by atoms with Crippen LogP contribution in [0.25, 0.3) is 22.0 Å². The minimum atomic E-state index is -0.357. The number of hydrogen-bond acceptors (Lipinski definition) is 7. The Kier molecular flexibility index (Phi) is 8.47. The number of hydrazine groups is 1. The molecule has 0 unspecified atom stereocenters. The highest BCUT2D eigenvalue weighted by Crippen LogP contribution is 2.33. The van der Waals surface area contributed by atoms with Crippen molar-refractivity contribution in [3.63, 3.8) is 0 Å². The third-order valence-electron chi connectivity index (χ3n) is 8.08. The number of benzene rings is 1. The van der Waals surface area contributed by atoms with Gasteiger partial charge in [0.1, 0.15) is 5.82 Å². The van der Waals surface area contributed by atoms with Crippen LogP contribution in [0, 0.1) is 13.8 Å². The molecule has 1 aromatic carbocycles. The normalized spacial score (nSPS) is 14.2. The van der Waals surface area contributed by atoms with Crippen LogP contribution in [0.5, 0.6) is 0 Å². The topological polar surface area (TPSA) is 116 Å². The molecular weight excluding hydrogens is 528 g/mol. The Morgan fingerprint density at radius 2 is 1.83 bits per heavy atom. The van der Waals surface area contributed by atoms with Gasteiger partial charge >= 0.3 is 0 Å². The lowest BCUT2D eigenvalue weighted by molar-refractivity contribution is 0.0744. The summed E-state index contributed by atoms with van der Waals surface area (Å²) in [7, 11) is 2.13. The number of carbonyl (C=O) groups is 1. The number of aromatic amines is 1.